The summed E-state index contributed by atoms with van der Waals surface area (Å²) in [5, 5.41) is 0. The first-order valence-corrected chi connectivity index (χ1v) is 22.5. The van der Waals surface area contributed by atoms with Gasteiger partial charge in [0.25, 0.3) is 0 Å². The fourth-order valence-corrected chi connectivity index (χ4v) is 10.2. The van der Waals surface area contributed by atoms with Gasteiger partial charge in [-0.25, -0.2) is 0 Å². The maximum absolute atomic E-state index is 13.5. The average Bonchev–Trinajstić information content (AvgIpc) is 3.12. The smallest absolute Gasteiger partial charge is 1.00 e. The maximum atomic E-state index is 13.5. The number of benzene rings is 2. The Morgan fingerprint density at radius 2 is 1.19 bits per heavy atom. The number of hydrogen-bond donors (Lipinski definition) is 0. The van der Waals surface area contributed by atoms with Crippen molar-refractivity contribution < 1.29 is 43.4 Å². The van der Waals surface area contributed by atoms with Crippen molar-refractivity contribution in [3.8, 4) is 11.5 Å². The van der Waals surface area contributed by atoms with Crippen LogP contribution in [0.1, 0.15) is 203 Å². The molecule has 2 aromatic carbocycles. The predicted molar refractivity (Wildman–Crippen MR) is 221 cm³/mol. The number of rotatable bonds is 18. The van der Waals surface area contributed by atoms with Crippen LogP contribution in [-0.2, 0) is 31.4 Å². The van der Waals surface area contributed by atoms with Crippen LogP contribution in [0.3, 0.4) is 0 Å². The maximum Gasteiger partial charge on any atom is 1.00 e. The third-order valence-corrected chi connectivity index (χ3v) is 13.3. The monoisotopic (exact) mass is 753 g/mol. The third-order valence-electron chi connectivity index (χ3n) is 12.3. The van der Waals surface area contributed by atoms with Gasteiger partial charge in [-0.2, -0.15) is 0 Å². The van der Waals surface area contributed by atoms with Crippen molar-refractivity contribution >= 4 is 20.4 Å². The number of Topliss-reactive ketones (excluding diaryl/α,β-unsaturated/α-hetero) is 1. The molecule has 54 heavy (non-hydrogen) atoms. The molecule has 1 aliphatic heterocycles. The molecule has 1 heterocycles. The Bertz CT molecular complexity index is 1460. The molecule has 0 amide bonds. The Labute approximate surface area is 343 Å². The fraction of sp³-hybridized carbons (Fsp3) is 0.660. The normalized spacial score (nSPS) is 17.9. The molecular weight excluding hydrogens is 682 g/mol. The molecule has 2 saturated carbocycles. The van der Waals surface area contributed by atoms with Gasteiger partial charge in [-0.1, -0.05) is 139 Å². The van der Waals surface area contributed by atoms with Crippen molar-refractivity contribution in [1.82, 2.24) is 0 Å². The standard InChI is InChI=1S/C47H69O5P.Li.H/c1-6-7-8-9-10-11-12-13-14-17-24-40(48)25-18-19-26-43(49)50-53-51-44-38(31-36(2)33-41(44)46(4)27-20-15-21-28-46)35-39-32-37(3)34-42(45(39)52-53)47(5)29-22-16-23-30-47;;/h13-14,31-34H,6-12,15-30,35H2,1-5H3;;/q;+1;-1/b14-13-;;. The summed E-state index contributed by atoms with van der Waals surface area (Å²) in [5.41, 5.74) is 7.25. The molecule has 0 spiro atoms. The summed E-state index contributed by atoms with van der Waals surface area (Å²) in [5.74, 6) is 1.65. The number of carbonyl (C=O) groups is 2. The molecule has 2 aromatic rings. The van der Waals surface area contributed by atoms with Crippen LogP contribution in [-0.4, -0.2) is 11.8 Å². The minimum atomic E-state index is -2.04. The van der Waals surface area contributed by atoms with E-state index in [4.69, 9.17) is 13.6 Å². The van der Waals surface area contributed by atoms with E-state index in [9.17, 15) is 9.59 Å². The second-order valence-electron chi connectivity index (χ2n) is 17.2. The number of allylic oxidation sites excluding steroid dienone is 2. The summed E-state index contributed by atoms with van der Waals surface area (Å²) in [4.78, 5) is 26.1. The molecule has 0 aromatic heterocycles. The summed E-state index contributed by atoms with van der Waals surface area (Å²) in [6.07, 6.45) is 29.4. The van der Waals surface area contributed by atoms with Gasteiger partial charge in [0.15, 0.2) is 0 Å². The van der Waals surface area contributed by atoms with Crippen molar-refractivity contribution in [1.29, 1.82) is 0 Å². The van der Waals surface area contributed by atoms with E-state index in [1.54, 1.807) is 0 Å². The molecule has 0 atom stereocenters. The Balaban J connectivity index is 0.00000406. The Morgan fingerprint density at radius 1 is 0.685 bits per heavy atom. The van der Waals surface area contributed by atoms with Crippen LogP contribution in [0.15, 0.2) is 36.4 Å². The summed E-state index contributed by atoms with van der Waals surface area (Å²) in [7, 11) is -2.04. The van der Waals surface area contributed by atoms with E-state index in [-0.39, 0.29) is 49.3 Å². The minimum absolute atomic E-state index is 0. The fourth-order valence-electron chi connectivity index (χ4n) is 9.05. The first kappa shape index (κ1) is 44.7. The van der Waals surface area contributed by atoms with Gasteiger partial charge in [0.05, 0.1) is 0 Å². The summed E-state index contributed by atoms with van der Waals surface area (Å²) >= 11 is 0. The van der Waals surface area contributed by atoms with Crippen LogP contribution in [0.5, 0.6) is 11.5 Å². The summed E-state index contributed by atoms with van der Waals surface area (Å²) in [6, 6.07) is 9.13. The van der Waals surface area contributed by atoms with E-state index in [1.165, 1.54) is 99.3 Å². The van der Waals surface area contributed by atoms with Gasteiger partial charge >= 0.3 is 33.4 Å². The van der Waals surface area contributed by atoms with Crippen LogP contribution < -0.4 is 27.9 Å². The number of carbonyl (C=O) groups excluding carboxylic acids is 2. The van der Waals surface area contributed by atoms with Crippen LogP contribution in [0.4, 0.5) is 0 Å². The Hall–Kier alpha value is -2.05. The molecule has 5 rings (SSSR count). The first-order valence-electron chi connectivity index (χ1n) is 21.4. The zero-order valence-corrected chi connectivity index (χ0v) is 35.8. The summed E-state index contributed by atoms with van der Waals surface area (Å²) < 4.78 is 19.9. The van der Waals surface area contributed by atoms with Gasteiger partial charge in [-0.05, 0) is 93.6 Å². The molecule has 7 heteroatoms. The van der Waals surface area contributed by atoms with E-state index in [1.807, 2.05) is 0 Å². The molecule has 2 aliphatic carbocycles. The molecule has 0 radical (unpaired) electrons. The SMILES string of the molecule is CCCCCCCC/C=C\CCC(=O)CCCCC(=O)OP1Oc2c(cc(C)cc2C2(C)CCCCC2)Cc2cc(C)cc(C3(C)CCCCC3)c2O1.[H-].[Li+]. The predicted octanol–water partition coefficient (Wildman–Crippen LogP) is 11.2. The van der Waals surface area contributed by atoms with Gasteiger partial charge < -0.3 is 15.0 Å². The Kier molecular flexibility index (Phi) is 18.2. The number of hydrogen-bond acceptors (Lipinski definition) is 5. The van der Waals surface area contributed by atoms with Crippen molar-refractivity contribution in [2.24, 2.45) is 0 Å². The number of unbranched alkanes of at least 4 members (excludes halogenated alkanes) is 7. The van der Waals surface area contributed by atoms with Gasteiger partial charge in [0.2, 0.25) is 0 Å². The van der Waals surface area contributed by atoms with E-state index >= 15 is 0 Å². The summed E-state index contributed by atoms with van der Waals surface area (Å²) in [6.45, 7) is 11.4. The zero-order valence-electron chi connectivity index (χ0n) is 35.9. The molecule has 0 unspecified atom stereocenters. The van der Waals surface area contributed by atoms with Gasteiger partial charge in [-0.15, -0.1) is 0 Å². The van der Waals surface area contributed by atoms with Crippen LogP contribution >= 0.6 is 8.60 Å². The zero-order chi connectivity index (χ0) is 37.7. The third kappa shape index (κ3) is 12.7. The van der Waals surface area contributed by atoms with Gasteiger partial charge in [0.1, 0.15) is 17.3 Å². The molecule has 5 nitrogen and oxygen atoms in total. The minimum Gasteiger partial charge on any atom is -1.00 e. The molecular formula is C47H70LiO5P. The van der Waals surface area contributed by atoms with Crippen molar-refractivity contribution in [2.75, 3.05) is 0 Å². The quantitative estimate of drug-likeness (QED) is 0.0657. The van der Waals surface area contributed by atoms with Crippen LogP contribution in [0, 0.1) is 13.8 Å². The molecule has 294 valence electrons. The molecule has 2 fully saturated rings. The van der Waals surface area contributed by atoms with E-state index < -0.39 is 8.60 Å². The molecule has 3 aliphatic rings. The second-order valence-corrected chi connectivity index (χ2v) is 18.2. The molecule has 0 saturated heterocycles. The average molecular weight is 753 g/mol. The van der Waals surface area contributed by atoms with E-state index in [0.717, 1.165) is 67.6 Å². The van der Waals surface area contributed by atoms with Crippen LogP contribution in [0.2, 0.25) is 0 Å². The number of fused-ring (bicyclic) bond motifs is 2. The van der Waals surface area contributed by atoms with Crippen molar-refractivity contribution in [3.63, 3.8) is 0 Å². The van der Waals surface area contributed by atoms with Gasteiger partial charge in [0, 0.05) is 36.8 Å². The Morgan fingerprint density at radius 3 is 1.74 bits per heavy atom. The molecule has 0 bridgehead atoms. The first-order chi connectivity index (χ1) is 25.6. The topological polar surface area (TPSA) is 61.8 Å². The van der Waals surface area contributed by atoms with E-state index in [2.05, 4.69) is 71.0 Å². The van der Waals surface area contributed by atoms with Crippen LogP contribution in [0.25, 0.3) is 0 Å². The molecule has 0 N–H and O–H groups in total. The second kappa shape index (κ2) is 22.0. The van der Waals surface area contributed by atoms with Crippen molar-refractivity contribution in [3.05, 3.63) is 69.8 Å². The number of ketones is 1. The van der Waals surface area contributed by atoms with E-state index in [0.29, 0.717) is 25.7 Å². The van der Waals surface area contributed by atoms with Gasteiger partial charge in [-0.3, -0.25) is 9.59 Å². The number of aryl methyl sites for hydroxylation is 2. The van der Waals surface area contributed by atoms with Crippen molar-refractivity contribution in [2.45, 2.75) is 200 Å². The largest absolute Gasteiger partial charge is 1.00 e.